The second kappa shape index (κ2) is 4.05. The molecule has 19 heavy (non-hydrogen) atoms. The first kappa shape index (κ1) is 11.1. The van der Waals surface area contributed by atoms with Crippen LogP contribution in [0.15, 0.2) is 36.9 Å². The Morgan fingerprint density at radius 2 is 2.00 bits per heavy atom. The summed E-state index contributed by atoms with van der Waals surface area (Å²) in [4.78, 5) is 23.3. The average molecular weight is 254 g/mol. The first-order valence-electron chi connectivity index (χ1n) is 5.50. The maximum absolute atomic E-state index is 11.1. The van der Waals surface area contributed by atoms with Crippen LogP contribution in [0.5, 0.6) is 0 Å². The van der Waals surface area contributed by atoms with Crippen LogP contribution in [0.4, 0.5) is 5.82 Å². The zero-order valence-electron chi connectivity index (χ0n) is 9.82. The number of hydrogen-bond acceptors (Lipinski definition) is 5. The molecular formula is C12H10N6O. The zero-order valence-corrected chi connectivity index (χ0v) is 9.82. The van der Waals surface area contributed by atoms with Gasteiger partial charge in [-0.25, -0.2) is 15.0 Å². The van der Waals surface area contributed by atoms with E-state index in [-0.39, 0.29) is 0 Å². The molecule has 94 valence electrons. The highest BCUT2D eigenvalue weighted by Crippen LogP contribution is 2.18. The molecule has 0 spiro atoms. The summed E-state index contributed by atoms with van der Waals surface area (Å²) in [6.07, 6.45) is 2.99. The molecule has 3 rings (SSSR count). The maximum atomic E-state index is 11.1. The summed E-state index contributed by atoms with van der Waals surface area (Å²) in [5.41, 5.74) is 12.7. The second-order valence-electron chi connectivity index (χ2n) is 3.98. The molecule has 0 saturated heterocycles. The Kier molecular flexibility index (Phi) is 2.38. The minimum atomic E-state index is -0.484. The van der Waals surface area contributed by atoms with Gasteiger partial charge in [-0.15, -0.1) is 0 Å². The van der Waals surface area contributed by atoms with E-state index in [2.05, 4.69) is 15.0 Å². The Balaban J connectivity index is 2.18. The van der Waals surface area contributed by atoms with Gasteiger partial charge in [-0.05, 0) is 18.2 Å². The van der Waals surface area contributed by atoms with Crippen molar-refractivity contribution in [2.75, 3.05) is 5.73 Å². The molecule has 0 fully saturated rings. The average Bonchev–Trinajstić information content (AvgIpc) is 2.81. The van der Waals surface area contributed by atoms with Gasteiger partial charge in [0.2, 0.25) is 5.91 Å². The van der Waals surface area contributed by atoms with Crippen LogP contribution in [0.25, 0.3) is 16.9 Å². The molecule has 0 atom stereocenters. The number of nitrogen functional groups attached to an aromatic ring is 1. The number of fused-ring (bicyclic) bond motifs is 1. The molecule has 3 aromatic rings. The molecule has 7 nitrogen and oxygen atoms in total. The summed E-state index contributed by atoms with van der Waals surface area (Å²) in [5.74, 6) is 0.505. The predicted octanol–water partition coefficient (Wildman–Crippen LogP) is 0.497. The fraction of sp³-hybridized carbons (Fsp3) is 0. The second-order valence-corrected chi connectivity index (χ2v) is 3.98. The summed E-state index contributed by atoms with van der Waals surface area (Å²) in [6, 6.07) is 6.69. The minimum Gasteiger partial charge on any atom is -0.384 e. The number of primary amides is 1. The Morgan fingerprint density at radius 3 is 2.74 bits per heavy atom. The standard InChI is InChI=1S/C12H10N6O/c13-10-4-11(16-5-15-10)18-6-17-8-3-7(12(14)19)1-2-9(8)18/h1-6H,(H2,14,19)(H2,13,15,16). The van der Waals surface area contributed by atoms with E-state index in [1.54, 1.807) is 35.2 Å². The van der Waals surface area contributed by atoms with Crippen molar-refractivity contribution in [1.82, 2.24) is 19.5 Å². The number of benzene rings is 1. The number of nitrogens with zero attached hydrogens (tertiary/aromatic N) is 4. The highest BCUT2D eigenvalue weighted by molar-refractivity contribution is 5.96. The van der Waals surface area contributed by atoms with Crippen molar-refractivity contribution in [3.63, 3.8) is 0 Å². The molecule has 1 amide bonds. The number of aromatic nitrogens is 4. The van der Waals surface area contributed by atoms with E-state index in [9.17, 15) is 4.79 Å². The van der Waals surface area contributed by atoms with Gasteiger partial charge in [-0.3, -0.25) is 9.36 Å². The van der Waals surface area contributed by atoms with E-state index < -0.39 is 5.91 Å². The van der Waals surface area contributed by atoms with Crippen molar-refractivity contribution in [1.29, 1.82) is 0 Å². The first-order chi connectivity index (χ1) is 9.15. The number of nitrogens with two attached hydrogens (primary N) is 2. The lowest BCUT2D eigenvalue weighted by atomic mass is 10.2. The topological polar surface area (TPSA) is 113 Å². The summed E-state index contributed by atoms with van der Waals surface area (Å²) in [6.45, 7) is 0. The van der Waals surface area contributed by atoms with Crippen molar-refractivity contribution in [3.05, 3.63) is 42.5 Å². The van der Waals surface area contributed by atoms with Crippen molar-refractivity contribution in [2.45, 2.75) is 0 Å². The molecule has 0 saturated carbocycles. The van der Waals surface area contributed by atoms with Crippen LogP contribution in [0, 0.1) is 0 Å². The first-order valence-corrected chi connectivity index (χ1v) is 5.50. The molecule has 0 aliphatic rings. The fourth-order valence-electron chi connectivity index (χ4n) is 1.84. The molecule has 0 radical (unpaired) electrons. The SMILES string of the molecule is NC(=O)c1ccc2c(c1)ncn2-c1cc(N)ncn1. The number of anilines is 1. The lowest BCUT2D eigenvalue weighted by molar-refractivity contribution is 0.100. The summed E-state index contributed by atoms with van der Waals surface area (Å²) >= 11 is 0. The van der Waals surface area contributed by atoms with Gasteiger partial charge in [0, 0.05) is 11.6 Å². The van der Waals surface area contributed by atoms with Gasteiger partial charge in [0.15, 0.2) is 0 Å². The maximum Gasteiger partial charge on any atom is 0.248 e. The Hall–Kier alpha value is -2.96. The van der Waals surface area contributed by atoms with Gasteiger partial charge in [-0.2, -0.15) is 0 Å². The van der Waals surface area contributed by atoms with E-state index in [4.69, 9.17) is 11.5 Å². The third kappa shape index (κ3) is 1.86. The molecule has 4 N–H and O–H groups in total. The molecule has 2 aromatic heterocycles. The number of amides is 1. The Morgan fingerprint density at radius 1 is 1.16 bits per heavy atom. The highest BCUT2D eigenvalue weighted by atomic mass is 16.1. The number of carbonyl (C=O) groups excluding carboxylic acids is 1. The largest absolute Gasteiger partial charge is 0.384 e. The van der Waals surface area contributed by atoms with E-state index in [0.717, 1.165) is 5.52 Å². The summed E-state index contributed by atoms with van der Waals surface area (Å²) < 4.78 is 1.76. The molecule has 0 aliphatic heterocycles. The fourth-order valence-corrected chi connectivity index (χ4v) is 1.84. The van der Waals surface area contributed by atoms with Crippen LogP contribution in [0.3, 0.4) is 0 Å². The zero-order chi connectivity index (χ0) is 13.4. The van der Waals surface area contributed by atoms with E-state index >= 15 is 0 Å². The van der Waals surface area contributed by atoms with Crippen LogP contribution in [0.1, 0.15) is 10.4 Å². The Bertz CT molecular complexity index is 779. The molecule has 2 heterocycles. The van der Waals surface area contributed by atoms with E-state index in [1.807, 2.05) is 0 Å². The van der Waals surface area contributed by atoms with Crippen LogP contribution in [-0.2, 0) is 0 Å². The minimum absolute atomic E-state index is 0.376. The van der Waals surface area contributed by atoms with Gasteiger partial charge < -0.3 is 11.5 Å². The van der Waals surface area contributed by atoms with Crippen molar-refractivity contribution in [2.24, 2.45) is 5.73 Å². The number of carbonyl (C=O) groups is 1. The quantitative estimate of drug-likeness (QED) is 0.691. The third-order valence-electron chi connectivity index (χ3n) is 2.75. The van der Waals surface area contributed by atoms with Gasteiger partial charge in [0.1, 0.15) is 24.3 Å². The number of hydrogen-bond donors (Lipinski definition) is 2. The third-order valence-corrected chi connectivity index (χ3v) is 2.75. The number of imidazole rings is 1. The van der Waals surface area contributed by atoms with Crippen LogP contribution in [0.2, 0.25) is 0 Å². The molecule has 0 unspecified atom stereocenters. The van der Waals surface area contributed by atoms with E-state index in [1.165, 1.54) is 6.33 Å². The normalized spacial score (nSPS) is 10.7. The van der Waals surface area contributed by atoms with E-state index in [0.29, 0.717) is 22.7 Å². The highest BCUT2D eigenvalue weighted by Gasteiger charge is 2.08. The molecule has 0 bridgehead atoms. The van der Waals surface area contributed by atoms with Gasteiger partial charge >= 0.3 is 0 Å². The van der Waals surface area contributed by atoms with Gasteiger partial charge in [-0.1, -0.05) is 0 Å². The lowest BCUT2D eigenvalue weighted by Crippen LogP contribution is -2.10. The van der Waals surface area contributed by atoms with Crippen molar-refractivity contribution < 1.29 is 4.79 Å². The molecule has 7 heteroatoms. The van der Waals surface area contributed by atoms with Gasteiger partial charge in [0.25, 0.3) is 0 Å². The van der Waals surface area contributed by atoms with Crippen LogP contribution in [-0.4, -0.2) is 25.4 Å². The predicted molar refractivity (Wildman–Crippen MR) is 69.6 cm³/mol. The number of rotatable bonds is 2. The summed E-state index contributed by atoms with van der Waals surface area (Å²) in [7, 11) is 0. The van der Waals surface area contributed by atoms with Crippen LogP contribution < -0.4 is 11.5 Å². The van der Waals surface area contributed by atoms with Crippen molar-refractivity contribution in [3.8, 4) is 5.82 Å². The molecule has 1 aromatic carbocycles. The van der Waals surface area contributed by atoms with Crippen molar-refractivity contribution >= 4 is 22.8 Å². The summed E-state index contributed by atoms with van der Waals surface area (Å²) in [5, 5.41) is 0. The lowest BCUT2D eigenvalue weighted by Gasteiger charge is -2.03. The van der Waals surface area contributed by atoms with Crippen LogP contribution >= 0.6 is 0 Å². The molecular weight excluding hydrogens is 244 g/mol. The smallest absolute Gasteiger partial charge is 0.248 e. The monoisotopic (exact) mass is 254 g/mol. The van der Waals surface area contributed by atoms with Gasteiger partial charge in [0.05, 0.1) is 11.0 Å². The Labute approximate surface area is 107 Å². The molecule has 0 aliphatic carbocycles.